The molecule has 0 aliphatic heterocycles. The van der Waals surface area contributed by atoms with Gasteiger partial charge in [-0.05, 0) is 0 Å². The third-order valence-corrected chi connectivity index (χ3v) is 1.04. The Morgan fingerprint density at radius 2 is 1.75 bits per heavy atom. The first-order valence-corrected chi connectivity index (χ1v) is 3.00. The molecule has 0 bridgehead atoms. The van der Waals surface area contributed by atoms with Crippen LogP contribution < -0.4 is 0 Å². The number of hydrogen-bond acceptors (Lipinski definition) is 1. The molecule has 1 nitrogen and oxygen atoms in total. The number of alkyl halides is 3. The quantitative estimate of drug-likeness (QED) is 0.476. The normalized spacial score (nSPS) is 12.4. The standard InChI is InChI=1S/C8H7F3O/c1-3-5-6(4-2)7(12)8(9,10)11/h3-5H,1-2H2/b6-5+. The molecule has 0 spiro atoms. The van der Waals surface area contributed by atoms with Gasteiger partial charge in [0, 0.05) is 5.57 Å². The van der Waals surface area contributed by atoms with Gasteiger partial charge in [0.2, 0.25) is 0 Å². The molecule has 0 saturated heterocycles. The maximum absolute atomic E-state index is 11.7. The third-order valence-electron chi connectivity index (χ3n) is 1.04. The van der Waals surface area contributed by atoms with Crippen LogP contribution >= 0.6 is 0 Å². The van der Waals surface area contributed by atoms with Crippen LogP contribution in [-0.2, 0) is 4.79 Å². The molecule has 0 aliphatic carbocycles. The average Bonchev–Trinajstić information content (AvgIpc) is 1.97. The molecule has 0 atom stereocenters. The van der Waals surface area contributed by atoms with Crippen LogP contribution in [0.3, 0.4) is 0 Å². The van der Waals surface area contributed by atoms with Crippen molar-refractivity contribution in [3.05, 3.63) is 37.0 Å². The minimum absolute atomic E-state index is 0.502. The third kappa shape index (κ3) is 2.74. The van der Waals surface area contributed by atoms with Crippen molar-refractivity contribution >= 4 is 5.78 Å². The molecule has 0 aliphatic rings. The first-order valence-electron chi connectivity index (χ1n) is 3.00. The van der Waals surface area contributed by atoms with Crippen LogP contribution in [0, 0.1) is 0 Å². The number of halogens is 3. The Labute approximate surface area is 67.9 Å². The van der Waals surface area contributed by atoms with Crippen molar-refractivity contribution in [3.8, 4) is 0 Å². The van der Waals surface area contributed by atoms with Gasteiger partial charge < -0.3 is 0 Å². The summed E-state index contributed by atoms with van der Waals surface area (Å²) >= 11 is 0. The molecular formula is C8H7F3O. The van der Waals surface area contributed by atoms with Gasteiger partial charge in [-0.1, -0.05) is 31.4 Å². The average molecular weight is 176 g/mol. The van der Waals surface area contributed by atoms with E-state index in [0.717, 1.165) is 18.2 Å². The minimum atomic E-state index is -4.84. The van der Waals surface area contributed by atoms with E-state index >= 15 is 0 Å². The summed E-state index contributed by atoms with van der Waals surface area (Å²) < 4.78 is 35.2. The van der Waals surface area contributed by atoms with E-state index < -0.39 is 17.5 Å². The first-order chi connectivity index (χ1) is 5.43. The number of Topliss-reactive ketones (excluding diaryl/α,β-unsaturated/α-hetero) is 1. The summed E-state index contributed by atoms with van der Waals surface area (Å²) in [6, 6.07) is 0. The summed E-state index contributed by atoms with van der Waals surface area (Å²) in [5.74, 6) is -1.91. The number of carbonyl (C=O) groups is 1. The molecule has 0 radical (unpaired) electrons. The highest BCUT2D eigenvalue weighted by Gasteiger charge is 2.39. The number of allylic oxidation sites excluding steroid dienone is 4. The highest BCUT2D eigenvalue weighted by molar-refractivity contribution is 6.02. The maximum atomic E-state index is 11.7. The van der Waals surface area contributed by atoms with E-state index in [0.29, 0.717) is 0 Å². The Morgan fingerprint density at radius 3 is 2.00 bits per heavy atom. The number of ketones is 1. The van der Waals surface area contributed by atoms with Crippen molar-refractivity contribution in [2.75, 3.05) is 0 Å². The Morgan fingerprint density at radius 1 is 1.25 bits per heavy atom. The van der Waals surface area contributed by atoms with Gasteiger partial charge in [0.15, 0.2) is 0 Å². The summed E-state index contributed by atoms with van der Waals surface area (Å²) in [4.78, 5) is 10.5. The second kappa shape index (κ2) is 3.90. The number of carbonyl (C=O) groups excluding carboxylic acids is 1. The monoisotopic (exact) mass is 176 g/mol. The fraction of sp³-hybridized carbons (Fsp3) is 0.125. The molecule has 0 aromatic heterocycles. The van der Waals surface area contributed by atoms with Crippen molar-refractivity contribution in [1.82, 2.24) is 0 Å². The van der Waals surface area contributed by atoms with E-state index in [2.05, 4.69) is 13.2 Å². The Hall–Kier alpha value is -1.32. The fourth-order valence-corrected chi connectivity index (χ4v) is 0.527. The van der Waals surface area contributed by atoms with Crippen LogP contribution in [0.4, 0.5) is 13.2 Å². The van der Waals surface area contributed by atoms with E-state index in [1.165, 1.54) is 0 Å². The molecule has 0 heterocycles. The summed E-state index contributed by atoms with van der Waals surface area (Å²) in [6.45, 7) is 6.25. The maximum Gasteiger partial charge on any atom is 0.454 e. The van der Waals surface area contributed by atoms with Gasteiger partial charge in [0.1, 0.15) is 0 Å². The lowest BCUT2D eigenvalue weighted by atomic mass is 10.1. The predicted molar refractivity (Wildman–Crippen MR) is 39.5 cm³/mol. The molecule has 0 fully saturated rings. The van der Waals surface area contributed by atoms with Crippen molar-refractivity contribution in [2.45, 2.75) is 6.18 Å². The lowest BCUT2D eigenvalue weighted by Gasteiger charge is -2.03. The predicted octanol–water partition coefficient (Wildman–Crippen LogP) is 2.42. The van der Waals surface area contributed by atoms with E-state index in [1.807, 2.05) is 0 Å². The second-order valence-electron chi connectivity index (χ2n) is 1.89. The van der Waals surface area contributed by atoms with Crippen molar-refractivity contribution in [3.63, 3.8) is 0 Å². The smallest absolute Gasteiger partial charge is 0.284 e. The highest BCUT2D eigenvalue weighted by Crippen LogP contribution is 2.20. The van der Waals surface area contributed by atoms with Gasteiger partial charge in [-0.2, -0.15) is 13.2 Å². The Kier molecular flexibility index (Phi) is 3.47. The zero-order chi connectivity index (χ0) is 9.78. The Balaban J connectivity index is 4.78. The Bertz CT molecular complexity index is 235. The van der Waals surface area contributed by atoms with Crippen LogP contribution in [0.25, 0.3) is 0 Å². The molecule has 66 valence electrons. The lowest BCUT2D eigenvalue weighted by Crippen LogP contribution is -2.23. The van der Waals surface area contributed by atoms with E-state index in [1.54, 1.807) is 0 Å². The topological polar surface area (TPSA) is 17.1 Å². The van der Waals surface area contributed by atoms with E-state index in [4.69, 9.17) is 0 Å². The van der Waals surface area contributed by atoms with Crippen LogP contribution in [0.15, 0.2) is 37.0 Å². The molecule has 0 rings (SSSR count). The van der Waals surface area contributed by atoms with Crippen LogP contribution in [0.5, 0.6) is 0 Å². The minimum Gasteiger partial charge on any atom is -0.284 e. The molecule has 0 amide bonds. The summed E-state index contributed by atoms with van der Waals surface area (Å²) in [7, 11) is 0. The molecule has 4 heteroatoms. The molecule has 0 saturated carbocycles. The molecular weight excluding hydrogens is 169 g/mol. The number of rotatable bonds is 3. The summed E-state index contributed by atoms with van der Waals surface area (Å²) in [5.41, 5.74) is -0.502. The summed E-state index contributed by atoms with van der Waals surface area (Å²) in [5, 5.41) is 0. The van der Waals surface area contributed by atoms with Gasteiger partial charge in [-0.3, -0.25) is 4.79 Å². The van der Waals surface area contributed by atoms with Gasteiger partial charge in [-0.25, -0.2) is 0 Å². The fourth-order valence-electron chi connectivity index (χ4n) is 0.527. The van der Waals surface area contributed by atoms with Crippen LogP contribution in [0.1, 0.15) is 0 Å². The molecule has 12 heavy (non-hydrogen) atoms. The second-order valence-corrected chi connectivity index (χ2v) is 1.89. The van der Waals surface area contributed by atoms with Gasteiger partial charge in [-0.15, -0.1) is 0 Å². The summed E-state index contributed by atoms with van der Waals surface area (Å²) in [6.07, 6.45) is -1.94. The van der Waals surface area contributed by atoms with Gasteiger partial charge in [0.25, 0.3) is 5.78 Å². The highest BCUT2D eigenvalue weighted by atomic mass is 19.4. The van der Waals surface area contributed by atoms with Crippen molar-refractivity contribution in [1.29, 1.82) is 0 Å². The zero-order valence-electron chi connectivity index (χ0n) is 6.19. The van der Waals surface area contributed by atoms with E-state index in [9.17, 15) is 18.0 Å². The van der Waals surface area contributed by atoms with Gasteiger partial charge >= 0.3 is 6.18 Å². The van der Waals surface area contributed by atoms with E-state index in [-0.39, 0.29) is 0 Å². The van der Waals surface area contributed by atoms with Crippen molar-refractivity contribution < 1.29 is 18.0 Å². The molecule has 0 unspecified atom stereocenters. The first kappa shape index (κ1) is 10.7. The molecule has 0 aromatic rings. The van der Waals surface area contributed by atoms with Crippen LogP contribution in [0.2, 0.25) is 0 Å². The molecule has 0 N–H and O–H groups in total. The van der Waals surface area contributed by atoms with Crippen LogP contribution in [-0.4, -0.2) is 12.0 Å². The largest absolute Gasteiger partial charge is 0.454 e. The molecule has 0 aromatic carbocycles. The van der Waals surface area contributed by atoms with Crippen molar-refractivity contribution in [2.24, 2.45) is 0 Å². The zero-order valence-corrected chi connectivity index (χ0v) is 6.19. The SMILES string of the molecule is C=C/C=C(\C=C)C(=O)C(F)(F)F. The lowest BCUT2D eigenvalue weighted by molar-refractivity contribution is -0.166. The van der Waals surface area contributed by atoms with Gasteiger partial charge in [0.05, 0.1) is 0 Å². The number of hydrogen-bond donors (Lipinski definition) is 0.